The van der Waals surface area contributed by atoms with Crippen molar-refractivity contribution in [3.05, 3.63) is 29.8 Å². The number of unbranched alkanes of at least 4 members (excludes halogenated alkanes) is 1. The number of hydrogen-bond acceptors (Lipinski definition) is 3. The third-order valence-electron chi connectivity index (χ3n) is 7.14. The van der Waals surface area contributed by atoms with Gasteiger partial charge in [0.15, 0.2) is 0 Å². The Labute approximate surface area is 165 Å². The maximum atomic E-state index is 6.54. The van der Waals surface area contributed by atoms with Crippen molar-refractivity contribution in [3.63, 3.8) is 0 Å². The van der Waals surface area contributed by atoms with Crippen molar-refractivity contribution in [3.8, 4) is 5.75 Å². The van der Waals surface area contributed by atoms with Crippen molar-refractivity contribution in [1.82, 2.24) is 10.2 Å². The number of nitrogens with zero attached hydrogens (tertiary/aromatic N) is 1. The number of fused-ring (bicyclic) bond motifs is 1. The molecule has 150 valence electrons. The van der Waals surface area contributed by atoms with Crippen LogP contribution in [-0.2, 0) is 0 Å². The zero-order valence-corrected chi connectivity index (χ0v) is 17.2. The molecule has 4 rings (SSSR count). The third-order valence-corrected chi connectivity index (χ3v) is 7.14. The summed E-state index contributed by atoms with van der Waals surface area (Å²) < 4.78 is 6.54. The number of piperidine rings is 2. The first-order chi connectivity index (χ1) is 13.3. The molecule has 3 nitrogen and oxygen atoms in total. The minimum atomic E-state index is 0.385. The van der Waals surface area contributed by atoms with E-state index in [2.05, 4.69) is 41.4 Å². The van der Waals surface area contributed by atoms with Gasteiger partial charge in [0.05, 0.1) is 0 Å². The first-order valence-electron chi connectivity index (χ1n) is 11.6. The van der Waals surface area contributed by atoms with Crippen molar-refractivity contribution in [2.45, 2.75) is 89.3 Å². The Hall–Kier alpha value is -1.06. The van der Waals surface area contributed by atoms with Gasteiger partial charge in [-0.1, -0.05) is 31.9 Å². The van der Waals surface area contributed by atoms with E-state index < -0.39 is 0 Å². The largest absolute Gasteiger partial charge is 0.490 e. The molecule has 3 heterocycles. The average Bonchev–Trinajstić information content (AvgIpc) is 3.21. The van der Waals surface area contributed by atoms with Crippen LogP contribution in [0.5, 0.6) is 5.75 Å². The molecule has 1 N–H and O–H groups in total. The Balaban J connectivity index is 1.41. The first kappa shape index (κ1) is 19.3. The molecule has 1 aromatic carbocycles. The summed E-state index contributed by atoms with van der Waals surface area (Å²) in [4.78, 5) is 2.78. The van der Waals surface area contributed by atoms with E-state index in [9.17, 15) is 0 Å². The lowest BCUT2D eigenvalue weighted by Gasteiger charge is -2.38. The highest BCUT2D eigenvalue weighted by atomic mass is 16.5. The van der Waals surface area contributed by atoms with E-state index in [1.54, 1.807) is 0 Å². The van der Waals surface area contributed by atoms with Crippen molar-refractivity contribution in [1.29, 1.82) is 0 Å². The minimum absolute atomic E-state index is 0.385. The number of rotatable bonds is 7. The van der Waals surface area contributed by atoms with Gasteiger partial charge in [0.25, 0.3) is 0 Å². The quantitative estimate of drug-likeness (QED) is 0.703. The van der Waals surface area contributed by atoms with Crippen LogP contribution in [-0.4, -0.2) is 36.7 Å². The Morgan fingerprint density at radius 1 is 1.04 bits per heavy atom. The summed E-state index contributed by atoms with van der Waals surface area (Å²) >= 11 is 0. The molecule has 3 aliphatic heterocycles. The van der Waals surface area contributed by atoms with Crippen LogP contribution in [0.4, 0.5) is 0 Å². The Morgan fingerprint density at radius 3 is 2.59 bits per heavy atom. The second-order valence-corrected chi connectivity index (χ2v) is 8.94. The van der Waals surface area contributed by atoms with Crippen LogP contribution < -0.4 is 10.1 Å². The molecule has 0 spiro atoms. The topological polar surface area (TPSA) is 24.5 Å². The van der Waals surface area contributed by atoms with E-state index >= 15 is 0 Å². The van der Waals surface area contributed by atoms with Gasteiger partial charge in [-0.2, -0.15) is 0 Å². The molecule has 0 amide bonds. The number of benzene rings is 1. The highest BCUT2D eigenvalue weighted by Crippen LogP contribution is 2.39. The van der Waals surface area contributed by atoms with E-state index in [0.29, 0.717) is 18.1 Å². The minimum Gasteiger partial charge on any atom is -0.490 e. The van der Waals surface area contributed by atoms with E-state index in [1.165, 1.54) is 76.3 Å². The van der Waals surface area contributed by atoms with Gasteiger partial charge >= 0.3 is 0 Å². The SMILES string of the molecule is CCCCC(Oc1ccc(C2CCCC3CCCN32)cc1)C1CCNCC1. The fourth-order valence-electron chi connectivity index (χ4n) is 5.60. The molecule has 3 atom stereocenters. The molecule has 1 aromatic rings. The predicted octanol–water partition coefficient (Wildman–Crippen LogP) is 5.31. The van der Waals surface area contributed by atoms with E-state index in [0.717, 1.165) is 24.9 Å². The van der Waals surface area contributed by atoms with Crippen LogP contribution in [0.15, 0.2) is 24.3 Å². The smallest absolute Gasteiger partial charge is 0.119 e. The molecular formula is C24H38N2O. The van der Waals surface area contributed by atoms with Gasteiger partial charge in [-0.25, -0.2) is 0 Å². The van der Waals surface area contributed by atoms with Crippen molar-refractivity contribution in [2.75, 3.05) is 19.6 Å². The predicted molar refractivity (Wildman–Crippen MR) is 112 cm³/mol. The summed E-state index contributed by atoms with van der Waals surface area (Å²) in [5.41, 5.74) is 1.50. The number of hydrogen-bond donors (Lipinski definition) is 1. The summed E-state index contributed by atoms with van der Waals surface area (Å²) in [5, 5.41) is 3.49. The van der Waals surface area contributed by atoms with E-state index in [4.69, 9.17) is 4.74 Å². The van der Waals surface area contributed by atoms with E-state index in [-0.39, 0.29) is 0 Å². The summed E-state index contributed by atoms with van der Waals surface area (Å²) in [5.74, 6) is 1.79. The Kier molecular flexibility index (Phi) is 6.73. The molecule has 3 saturated heterocycles. The summed E-state index contributed by atoms with van der Waals surface area (Å²) in [6.07, 6.45) is 13.5. The van der Waals surface area contributed by atoms with Gasteiger partial charge in [0, 0.05) is 12.1 Å². The molecule has 0 saturated carbocycles. The van der Waals surface area contributed by atoms with Crippen LogP contribution in [0.2, 0.25) is 0 Å². The fourth-order valence-corrected chi connectivity index (χ4v) is 5.60. The van der Waals surface area contributed by atoms with Gasteiger partial charge in [-0.15, -0.1) is 0 Å². The standard InChI is InChI=1S/C24H38N2O/c1-2-3-9-24(20-14-16-25-17-15-20)27-22-12-10-19(11-13-22)23-8-4-6-21-7-5-18-26(21)23/h10-13,20-21,23-25H,2-9,14-18H2,1H3. The normalized spacial score (nSPS) is 28.0. The monoisotopic (exact) mass is 370 g/mol. The number of ether oxygens (including phenoxy) is 1. The maximum absolute atomic E-state index is 6.54. The molecule has 3 fully saturated rings. The maximum Gasteiger partial charge on any atom is 0.119 e. The summed E-state index contributed by atoms with van der Waals surface area (Å²) in [6.45, 7) is 5.87. The molecule has 3 aliphatic rings. The molecule has 27 heavy (non-hydrogen) atoms. The lowest BCUT2D eigenvalue weighted by atomic mass is 9.89. The Bertz CT molecular complexity index is 566. The van der Waals surface area contributed by atoms with Gasteiger partial charge < -0.3 is 10.1 Å². The van der Waals surface area contributed by atoms with Gasteiger partial charge in [-0.3, -0.25) is 4.90 Å². The van der Waals surface area contributed by atoms with Crippen LogP contribution in [0.1, 0.15) is 82.7 Å². The van der Waals surface area contributed by atoms with Crippen molar-refractivity contribution in [2.24, 2.45) is 5.92 Å². The number of nitrogens with one attached hydrogen (secondary N) is 1. The molecule has 0 aliphatic carbocycles. The second kappa shape index (κ2) is 9.43. The third kappa shape index (κ3) is 4.68. The van der Waals surface area contributed by atoms with Crippen LogP contribution in [0.25, 0.3) is 0 Å². The lowest BCUT2D eigenvalue weighted by molar-refractivity contribution is 0.101. The summed E-state index contributed by atoms with van der Waals surface area (Å²) in [6, 6.07) is 10.7. The second-order valence-electron chi connectivity index (χ2n) is 8.94. The first-order valence-corrected chi connectivity index (χ1v) is 11.6. The van der Waals surface area contributed by atoms with Gasteiger partial charge in [-0.05, 0) is 94.6 Å². The van der Waals surface area contributed by atoms with Crippen molar-refractivity contribution < 1.29 is 4.74 Å². The summed E-state index contributed by atoms with van der Waals surface area (Å²) in [7, 11) is 0. The zero-order chi connectivity index (χ0) is 18.5. The molecular weight excluding hydrogens is 332 g/mol. The molecule has 0 radical (unpaired) electrons. The highest BCUT2D eigenvalue weighted by molar-refractivity contribution is 5.30. The zero-order valence-electron chi connectivity index (χ0n) is 17.2. The molecule has 0 aromatic heterocycles. The fraction of sp³-hybridized carbons (Fsp3) is 0.750. The van der Waals surface area contributed by atoms with Crippen LogP contribution >= 0.6 is 0 Å². The lowest BCUT2D eigenvalue weighted by Crippen LogP contribution is -2.37. The average molecular weight is 371 g/mol. The molecule has 3 heteroatoms. The van der Waals surface area contributed by atoms with Gasteiger partial charge in [0.2, 0.25) is 0 Å². The molecule has 3 unspecified atom stereocenters. The van der Waals surface area contributed by atoms with Crippen LogP contribution in [0, 0.1) is 5.92 Å². The van der Waals surface area contributed by atoms with Crippen LogP contribution in [0.3, 0.4) is 0 Å². The van der Waals surface area contributed by atoms with Crippen molar-refractivity contribution >= 4 is 0 Å². The molecule has 0 bridgehead atoms. The Morgan fingerprint density at radius 2 is 1.81 bits per heavy atom. The van der Waals surface area contributed by atoms with E-state index in [1.807, 2.05) is 0 Å². The van der Waals surface area contributed by atoms with Gasteiger partial charge in [0.1, 0.15) is 11.9 Å². The highest BCUT2D eigenvalue weighted by Gasteiger charge is 2.34.